The minimum absolute atomic E-state index is 0. The molecular weight excluding hydrogens is 431 g/mol. The van der Waals surface area contributed by atoms with E-state index in [2.05, 4.69) is 19.1 Å². The fourth-order valence-corrected chi connectivity index (χ4v) is 3.12. The van der Waals surface area contributed by atoms with E-state index in [9.17, 15) is 14.7 Å². The summed E-state index contributed by atoms with van der Waals surface area (Å²) < 4.78 is 0. The number of carboxylic acid groups (broad SMARTS) is 1. The number of hydrogen-bond acceptors (Lipinski definition) is 5. The third-order valence-electron chi connectivity index (χ3n) is 5.08. The van der Waals surface area contributed by atoms with Crippen molar-refractivity contribution in [2.75, 3.05) is 26.7 Å². The molecule has 3 N–H and O–H groups in total. The van der Waals surface area contributed by atoms with Gasteiger partial charge < -0.3 is 25.6 Å². The molecule has 32 heavy (non-hydrogen) atoms. The van der Waals surface area contributed by atoms with Crippen molar-refractivity contribution in [3.05, 3.63) is 12.2 Å². The van der Waals surface area contributed by atoms with Crippen molar-refractivity contribution in [3.63, 3.8) is 0 Å². The Hall–Kier alpha value is 0.236. The minimum Gasteiger partial charge on any atom is -0.550 e. The van der Waals surface area contributed by atoms with Crippen LogP contribution in [0.2, 0.25) is 0 Å². The number of rotatable bonds is 16. The number of likely N-dealkylation sites (tertiary alicyclic amines) is 1. The largest absolute Gasteiger partial charge is 1.00 e. The number of allylic oxidation sites excluding steroid dienone is 2. The van der Waals surface area contributed by atoms with Crippen LogP contribution in [0, 0.1) is 0 Å². The third-order valence-corrected chi connectivity index (χ3v) is 5.08. The molecular formula is C25H49KN2O4. The normalized spacial score (nSPS) is 12.6. The molecule has 1 saturated heterocycles. The second-order valence-corrected chi connectivity index (χ2v) is 8.14. The molecule has 1 aliphatic heterocycles. The summed E-state index contributed by atoms with van der Waals surface area (Å²) in [5.41, 5.74) is 4.78. The van der Waals surface area contributed by atoms with Crippen LogP contribution in [0.5, 0.6) is 0 Å². The topological polar surface area (TPSA) is 107 Å². The van der Waals surface area contributed by atoms with Crippen LogP contribution in [0.25, 0.3) is 0 Å². The van der Waals surface area contributed by atoms with Crippen LogP contribution in [0.4, 0.5) is 0 Å². The Bertz CT molecular complexity index is 432. The number of nitrogens with two attached hydrogens (primary N) is 1. The molecule has 0 aromatic carbocycles. The first kappa shape index (κ1) is 36.8. The molecule has 0 radical (unpaired) electrons. The number of amides is 1. The number of carboxylic acids is 1. The van der Waals surface area contributed by atoms with Gasteiger partial charge in [0.15, 0.2) is 0 Å². The minimum atomic E-state index is -0.914. The van der Waals surface area contributed by atoms with Gasteiger partial charge in [-0.05, 0) is 44.9 Å². The fraction of sp³-hybridized carbons (Fsp3) is 0.840. The third kappa shape index (κ3) is 32.4. The molecule has 0 spiro atoms. The summed E-state index contributed by atoms with van der Waals surface area (Å²) in [5.74, 6) is -0.623. The Morgan fingerprint density at radius 3 is 1.81 bits per heavy atom. The predicted molar refractivity (Wildman–Crippen MR) is 127 cm³/mol. The molecule has 1 aliphatic rings. The van der Waals surface area contributed by atoms with E-state index in [1.54, 1.807) is 4.90 Å². The van der Waals surface area contributed by atoms with Crippen LogP contribution >= 0.6 is 0 Å². The summed E-state index contributed by atoms with van der Waals surface area (Å²) in [6.45, 7) is 3.69. The summed E-state index contributed by atoms with van der Waals surface area (Å²) in [5, 5.41) is 18.0. The van der Waals surface area contributed by atoms with Gasteiger partial charge in [0.25, 0.3) is 0 Å². The number of aliphatic hydroxyl groups excluding tert-OH is 1. The van der Waals surface area contributed by atoms with E-state index >= 15 is 0 Å². The van der Waals surface area contributed by atoms with Crippen LogP contribution in [-0.4, -0.2) is 48.6 Å². The second kappa shape index (κ2) is 31.2. The van der Waals surface area contributed by atoms with Gasteiger partial charge in [0.05, 0.1) is 6.61 Å². The molecule has 1 heterocycles. The quantitative estimate of drug-likeness (QED) is 0.194. The molecule has 7 heteroatoms. The Kier molecular flexibility index (Phi) is 35.9. The zero-order valence-electron chi connectivity index (χ0n) is 21.3. The Labute approximate surface area is 240 Å². The molecule has 1 amide bonds. The van der Waals surface area contributed by atoms with Gasteiger partial charge in [0, 0.05) is 32.5 Å². The SMILES string of the molecule is CCCCCCCCC=CCCCCCCCC(=O)[O-].CN1CCCC1=O.NCCO.[K+]. The fourth-order valence-electron chi connectivity index (χ4n) is 3.12. The van der Waals surface area contributed by atoms with E-state index in [0.717, 1.165) is 38.6 Å². The second-order valence-electron chi connectivity index (χ2n) is 8.14. The molecule has 1 fully saturated rings. The van der Waals surface area contributed by atoms with Crippen LogP contribution in [0.3, 0.4) is 0 Å². The van der Waals surface area contributed by atoms with Gasteiger partial charge in [-0.15, -0.1) is 0 Å². The number of carbonyl (C=O) groups is 2. The number of aliphatic carboxylic acids is 1. The molecule has 1 rings (SSSR count). The zero-order chi connectivity index (χ0) is 23.6. The van der Waals surface area contributed by atoms with Crippen LogP contribution in [0.15, 0.2) is 12.2 Å². The van der Waals surface area contributed by atoms with E-state index in [0.29, 0.717) is 12.5 Å². The van der Waals surface area contributed by atoms with Crippen molar-refractivity contribution in [2.24, 2.45) is 5.73 Å². The van der Waals surface area contributed by atoms with Crippen molar-refractivity contribution in [1.29, 1.82) is 0 Å². The maximum absolute atomic E-state index is 10.5. The Morgan fingerprint density at radius 1 is 1.00 bits per heavy atom. The molecule has 184 valence electrons. The standard InChI is InChI=1S/C18H34O2.C5H9NO.C2H7NO.K/c1-2-3-4-5-6-7-8-9-10-11-12-13-14-15-16-17-18(19)20;1-6-4-2-3-5(6)7;3-1-2-4;/h9-10H,2-8,11-17H2,1H3,(H,19,20);2-4H2,1H3;4H,1-3H2;/q;;;+1/p-1. The van der Waals surface area contributed by atoms with Gasteiger partial charge in [-0.1, -0.05) is 70.4 Å². The molecule has 0 atom stereocenters. The van der Waals surface area contributed by atoms with Crippen LogP contribution in [-0.2, 0) is 9.59 Å². The van der Waals surface area contributed by atoms with Crippen molar-refractivity contribution < 1.29 is 71.2 Å². The molecule has 0 bridgehead atoms. The van der Waals surface area contributed by atoms with Gasteiger partial charge in [0.2, 0.25) is 5.91 Å². The van der Waals surface area contributed by atoms with Crippen molar-refractivity contribution in [2.45, 2.75) is 110 Å². The molecule has 0 saturated carbocycles. The summed E-state index contributed by atoms with van der Waals surface area (Å²) in [7, 11) is 1.84. The van der Waals surface area contributed by atoms with E-state index < -0.39 is 5.97 Å². The van der Waals surface area contributed by atoms with Gasteiger partial charge >= 0.3 is 51.4 Å². The van der Waals surface area contributed by atoms with Crippen molar-refractivity contribution in [1.82, 2.24) is 4.90 Å². The number of hydrogen-bond donors (Lipinski definition) is 2. The average molecular weight is 481 g/mol. The van der Waals surface area contributed by atoms with E-state index in [-0.39, 0.29) is 64.4 Å². The number of aliphatic hydroxyl groups is 1. The van der Waals surface area contributed by atoms with E-state index in [1.165, 1.54) is 64.2 Å². The maximum atomic E-state index is 10.5. The smallest absolute Gasteiger partial charge is 0.550 e. The van der Waals surface area contributed by atoms with Crippen molar-refractivity contribution in [3.8, 4) is 0 Å². The van der Waals surface area contributed by atoms with Gasteiger partial charge in [-0.3, -0.25) is 4.79 Å². The number of unbranched alkanes of at least 4 members (excludes halogenated alkanes) is 11. The monoisotopic (exact) mass is 480 g/mol. The van der Waals surface area contributed by atoms with Gasteiger partial charge in [-0.2, -0.15) is 0 Å². The average Bonchev–Trinajstić information content (AvgIpc) is 3.13. The zero-order valence-corrected chi connectivity index (χ0v) is 24.4. The first-order valence-electron chi connectivity index (χ1n) is 12.4. The number of carbonyl (C=O) groups excluding carboxylic acids is 2. The van der Waals surface area contributed by atoms with Crippen molar-refractivity contribution >= 4 is 11.9 Å². The summed E-state index contributed by atoms with van der Waals surface area (Å²) >= 11 is 0. The van der Waals surface area contributed by atoms with Gasteiger partial charge in [-0.25, -0.2) is 0 Å². The summed E-state index contributed by atoms with van der Waals surface area (Å²) in [6, 6.07) is 0. The van der Waals surface area contributed by atoms with Crippen LogP contribution < -0.4 is 62.2 Å². The Morgan fingerprint density at radius 2 is 1.47 bits per heavy atom. The molecule has 0 unspecified atom stereocenters. The first-order chi connectivity index (χ1) is 15.0. The molecule has 0 aromatic heterocycles. The molecule has 0 aromatic rings. The number of nitrogens with zero attached hydrogens (tertiary/aromatic N) is 1. The Balaban J connectivity index is -0.000000571. The summed E-state index contributed by atoms with van der Waals surface area (Å²) in [4.78, 5) is 22.5. The van der Waals surface area contributed by atoms with Gasteiger partial charge in [0.1, 0.15) is 0 Å². The first-order valence-corrected chi connectivity index (χ1v) is 12.4. The molecule has 0 aliphatic carbocycles. The van der Waals surface area contributed by atoms with Crippen LogP contribution in [0.1, 0.15) is 110 Å². The van der Waals surface area contributed by atoms with E-state index in [4.69, 9.17) is 10.8 Å². The summed E-state index contributed by atoms with van der Waals surface area (Å²) in [6.07, 6.45) is 22.7. The van der Waals surface area contributed by atoms with E-state index in [1.807, 2.05) is 7.05 Å². The maximum Gasteiger partial charge on any atom is 1.00 e. The molecule has 6 nitrogen and oxygen atoms in total. The predicted octanol–water partition coefficient (Wildman–Crippen LogP) is 0.954.